The molecule has 1 amide bonds. The number of anilines is 1. The largest absolute Gasteiger partial charge is 0.307 e. The Hall–Kier alpha value is -2.18. The van der Waals surface area contributed by atoms with E-state index in [0.29, 0.717) is 27.4 Å². The Morgan fingerprint density at radius 1 is 1.21 bits per heavy atom. The van der Waals surface area contributed by atoms with Gasteiger partial charge in [-0.2, -0.15) is 5.10 Å². The van der Waals surface area contributed by atoms with Crippen LogP contribution >= 0.6 is 27.5 Å². The van der Waals surface area contributed by atoms with Gasteiger partial charge in [-0.05, 0) is 51.8 Å². The van der Waals surface area contributed by atoms with Crippen molar-refractivity contribution >= 4 is 39.3 Å². The van der Waals surface area contributed by atoms with Crippen LogP contribution in [0.2, 0.25) is 5.02 Å². The first-order chi connectivity index (χ1) is 11.5. The fraction of sp³-hybridized carbons (Fsp3) is 0.0588. The molecule has 0 fully saturated rings. The maximum Gasteiger partial charge on any atom is 0.257 e. The molecule has 0 unspecified atom stereocenters. The van der Waals surface area contributed by atoms with Crippen LogP contribution in [0, 0.1) is 5.82 Å². The van der Waals surface area contributed by atoms with E-state index in [9.17, 15) is 9.18 Å². The molecule has 3 rings (SSSR count). The van der Waals surface area contributed by atoms with Crippen molar-refractivity contribution < 1.29 is 9.18 Å². The SMILES string of the molecule is O=C(Nc1ccnn1Cc1ccc(Cl)cc1)c1ccc(F)cc1Br. The summed E-state index contributed by atoms with van der Waals surface area (Å²) in [6.45, 7) is 0.490. The van der Waals surface area contributed by atoms with Crippen LogP contribution < -0.4 is 5.32 Å². The van der Waals surface area contributed by atoms with Gasteiger partial charge in [0, 0.05) is 15.6 Å². The number of rotatable bonds is 4. The van der Waals surface area contributed by atoms with Gasteiger partial charge in [0.05, 0.1) is 18.3 Å². The van der Waals surface area contributed by atoms with E-state index >= 15 is 0 Å². The lowest BCUT2D eigenvalue weighted by molar-refractivity contribution is 0.102. The van der Waals surface area contributed by atoms with Crippen LogP contribution in [-0.2, 0) is 6.54 Å². The van der Waals surface area contributed by atoms with E-state index < -0.39 is 5.82 Å². The lowest BCUT2D eigenvalue weighted by Crippen LogP contribution is -2.16. The second kappa shape index (κ2) is 7.15. The molecule has 1 aromatic heterocycles. The predicted octanol–water partition coefficient (Wildman–Crippen LogP) is 4.74. The van der Waals surface area contributed by atoms with E-state index in [2.05, 4.69) is 26.3 Å². The van der Waals surface area contributed by atoms with E-state index in [1.165, 1.54) is 18.2 Å². The first-order valence-electron chi connectivity index (χ1n) is 7.05. The highest BCUT2D eigenvalue weighted by Crippen LogP contribution is 2.20. The van der Waals surface area contributed by atoms with Gasteiger partial charge in [-0.1, -0.05) is 23.7 Å². The summed E-state index contributed by atoms with van der Waals surface area (Å²) in [5.41, 5.74) is 1.34. The van der Waals surface area contributed by atoms with Crippen molar-refractivity contribution in [3.63, 3.8) is 0 Å². The van der Waals surface area contributed by atoms with E-state index in [1.807, 2.05) is 12.1 Å². The zero-order valence-electron chi connectivity index (χ0n) is 12.3. The average molecular weight is 409 g/mol. The number of nitrogens with one attached hydrogen (secondary N) is 1. The van der Waals surface area contributed by atoms with Crippen LogP contribution in [0.1, 0.15) is 15.9 Å². The minimum Gasteiger partial charge on any atom is -0.307 e. The number of nitrogens with zero attached hydrogens (tertiary/aromatic N) is 2. The van der Waals surface area contributed by atoms with E-state index in [-0.39, 0.29) is 5.91 Å². The Kier molecular flexibility index (Phi) is 4.97. The number of carbonyl (C=O) groups excluding carboxylic acids is 1. The Balaban J connectivity index is 1.77. The third-order valence-corrected chi connectivity index (χ3v) is 4.29. The fourth-order valence-corrected chi connectivity index (χ4v) is 2.84. The van der Waals surface area contributed by atoms with Gasteiger partial charge in [0.15, 0.2) is 0 Å². The Morgan fingerprint density at radius 2 is 1.96 bits per heavy atom. The van der Waals surface area contributed by atoms with E-state index in [0.717, 1.165) is 5.56 Å². The minimum atomic E-state index is -0.411. The molecule has 0 aliphatic carbocycles. The molecule has 0 bridgehead atoms. The molecule has 0 spiro atoms. The third kappa shape index (κ3) is 3.83. The zero-order chi connectivity index (χ0) is 17.1. The number of benzene rings is 2. The van der Waals surface area contributed by atoms with Crippen molar-refractivity contribution in [1.82, 2.24) is 9.78 Å². The van der Waals surface area contributed by atoms with Gasteiger partial charge >= 0.3 is 0 Å². The second-order valence-electron chi connectivity index (χ2n) is 5.08. The maximum atomic E-state index is 13.1. The number of aromatic nitrogens is 2. The van der Waals surface area contributed by atoms with Crippen molar-refractivity contribution in [1.29, 1.82) is 0 Å². The summed E-state index contributed by atoms with van der Waals surface area (Å²) in [7, 11) is 0. The normalized spacial score (nSPS) is 10.6. The molecule has 122 valence electrons. The molecule has 24 heavy (non-hydrogen) atoms. The zero-order valence-corrected chi connectivity index (χ0v) is 14.7. The van der Waals surface area contributed by atoms with Crippen molar-refractivity contribution in [3.05, 3.63) is 81.2 Å². The van der Waals surface area contributed by atoms with Crippen LogP contribution in [0.5, 0.6) is 0 Å². The van der Waals surface area contributed by atoms with E-state index in [1.54, 1.807) is 29.1 Å². The maximum absolute atomic E-state index is 13.1. The summed E-state index contributed by atoms with van der Waals surface area (Å²) in [5.74, 6) is -0.211. The van der Waals surface area contributed by atoms with Crippen LogP contribution in [0.25, 0.3) is 0 Å². The summed E-state index contributed by atoms with van der Waals surface area (Å²) in [6, 6.07) is 13.0. The Bertz CT molecular complexity index is 880. The van der Waals surface area contributed by atoms with Crippen molar-refractivity contribution in [2.24, 2.45) is 0 Å². The molecule has 0 saturated heterocycles. The summed E-state index contributed by atoms with van der Waals surface area (Å²) in [6.07, 6.45) is 1.60. The molecule has 0 atom stereocenters. The summed E-state index contributed by atoms with van der Waals surface area (Å²) in [5, 5.41) is 7.66. The molecular formula is C17H12BrClFN3O. The monoisotopic (exact) mass is 407 g/mol. The molecule has 4 nitrogen and oxygen atoms in total. The third-order valence-electron chi connectivity index (χ3n) is 3.38. The van der Waals surface area contributed by atoms with Gasteiger partial charge in [0.25, 0.3) is 5.91 Å². The van der Waals surface area contributed by atoms with Crippen LogP contribution in [0.15, 0.2) is 59.2 Å². The van der Waals surface area contributed by atoms with Crippen LogP contribution in [0.3, 0.4) is 0 Å². The molecule has 0 aliphatic rings. The number of hydrogen-bond acceptors (Lipinski definition) is 2. The Morgan fingerprint density at radius 3 is 2.67 bits per heavy atom. The molecule has 1 heterocycles. The van der Waals surface area contributed by atoms with Crippen molar-refractivity contribution in [2.45, 2.75) is 6.54 Å². The molecule has 0 saturated carbocycles. The van der Waals surface area contributed by atoms with Crippen molar-refractivity contribution in [2.75, 3.05) is 5.32 Å². The molecule has 0 aliphatic heterocycles. The quantitative estimate of drug-likeness (QED) is 0.678. The smallest absolute Gasteiger partial charge is 0.257 e. The highest BCUT2D eigenvalue weighted by molar-refractivity contribution is 9.10. The summed E-state index contributed by atoms with van der Waals surface area (Å²) in [4.78, 5) is 12.4. The molecule has 1 N–H and O–H groups in total. The molecule has 3 aromatic rings. The van der Waals surface area contributed by atoms with Gasteiger partial charge in [0.2, 0.25) is 0 Å². The van der Waals surface area contributed by atoms with Gasteiger partial charge in [-0.25, -0.2) is 9.07 Å². The van der Waals surface area contributed by atoms with Gasteiger partial charge < -0.3 is 5.32 Å². The topological polar surface area (TPSA) is 46.9 Å². The standard InChI is InChI=1S/C17H12BrClFN3O/c18-15-9-13(20)5-6-14(15)17(24)22-16-7-8-21-23(16)10-11-1-3-12(19)4-2-11/h1-9H,10H2,(H,22,24). The number of amides is 1. The fourth-order valence-electron chi connectivity index (χ4n) is 2.18. The molecule has 2 aromatic carbocycles. The first kappa shape index (κ1) is 16.7. The predicted molar refractivity (Wildman–Crippen MR) is 94.8 cm³/mol. The lowest BCUT2D eigenvalue weighted by atomic mass is 10.2. The summed E-state index contributed by atoms with van der Waals surface area (Å²) < 4.78 is 15.2. The van der Waals surface area contributed by atoms with Gasteiger partial charge in [0.1, 0.15) is 11.6 Å². The summed E-state index contributed by atoms with van der Waals surface area (Å²) >= 11 is 9.07. The number of halogens is 3. The lowest BCUT2D eigenvalue weighted by Gasteiger charge is -2.10. The second-order valence-corrected chi connectivity index (χ2v) is 6.37. The highest BCUT2D eigenvalue weighted by Gasteiger charge is 2.13. The highest BCUT2D eigenvalue weighted by atomic mass is 79.9. The molecule has 7 heteroatoms. The Labute approximate surface area is 151 Å². The number of carbonyl (C=O) groups is 1. The average Bonchev–Trinajstić information content (AvgIpc) is 2.96. The molecular weight excluding hydrogens is 397 g/mol. The van der Waals surface area contributed by atoms with Crippen LogP contribution in [0.4, 0.5) is 10.2 Å². The van der Waals surface area contributed by atoms with Gasteiger partial charge in [-0.3, -0.25) is 4.79 Å². The van der Waals surface area contributed by atoms with Gasteiger partial charge in [-0.15, -0.1) is 0 Å². The minimum absolute atomic E-state index is 0.343. The first-order valence-corrected chi connectivity index (χ1v) is 8.23. The number of hydrogen-bond donors (Lipinski definition) is 1. The van der Waals surface area contributed by atoms with E-state index in [4.69, 9.17) is 11.6 Å². The molecule has 0 radical (unpaired) electrons. The van der Waals surface area contributed by atoms with Crippen LogP contribution in [-0.4, -0.2) is 15.7 Å². The van der Waals surface area contributed by atoms with Crippen molar-refractivity contribution in [3.8, 4) is 0 Å².